The minimum absolute atomic E-state index is 0.153. The number of nitrogens with zero attached hydrogens (tertiary/aromatic N) is 1. The lowest BCUT2D eigenvalue weighted by atomic mass is 9.80. The van der Waals surface area contributed by atoms with Crippen LogP contribution in [0.15, 0.2) is 0 Å². The van der Waals surface area contributed by atoms with Crippen LogP contribution in [0.5, 0.6) is 0 Å². The van der Waals surface area contributed by atoms with Crippen molar-refractivity contribution in [1.29, 1.82) is 0 Å². The number of hydrogen-bond donors (Lipinski definition) is 3. The van der Waals surface area contributed by atoms with Crippen LogP contribution in [0.25, 0.3) is 0 Å². The molecule has 2 atom stereocenters. The lowest BCUT2D eigenvalue weighted by Gasteiger charge is -2.33. The van der Waals surface area contributed by atoms with Crippen molar-refractivity contribution in [3.05, 3.63) is 0 Å². The second-order valence-electron chi connectivity index (χ2n) is 6.98. The van der Waals surface area contributed by atoms with Crippen molar-refractivity contribution < 1.29 is 19.9 Å². The van der Waals surface area contributed by atoms with Crippen LogP contribution in [0.4, 0.5) is 0 Å². The van der Waals surface area contributed by atoms with Gasteiger partial charge in [-0.2, -0.15) is 0 Å². The molecule has 2 aliphatic rings. The molecule has 120 valence electrons. The second kappa shape index (κ2) is 7.61. The molecule has 2 rings (SSSR count). The van der Waals surface area contributed by atoms with E-state index in [1.165, 1.54) is 25.7 Å². The fourth-order valence-corrected chi connectivity index (χ4v) is 3.95. The number of rotatable bonds is 6. The largest absolute Gasteiger partial charge is 0.481 e. The first-order valence-electron chi connectivity index (χ1n) is 8.30. The Labute approximate surface area is 127 Å². The van der Waals surface area contributed by atoms with Crippen molar-refractivity contribution in [2.75, 3.05) is 13.1 Å². The maximum Gasteiger partial charge on any atom is 0.451 e. The van der Waals surface area contributed by atoms with Gasteiger partial charge in [-0.15, -0.1) is 0 Å². The van der Waals surface area contributed by atoms with Crippen LogP contribution in [0, 0.1) is 17.8 Å². The SMILES string of the molecule is CC1CCC(N2CC(CCCB(O)O)C(C(=O)O)C2)CC1. The van der Waals surface area contributed by atoms with E-state index in [-0.39, 0.29) is 11.8 Å². The number of carbonyl (C=O) groups is 1. The molecule has 1 aliphatic heterocycles. The first kappa shape index (κ1) is 16.8. The molecular formula is C15H28BNO4. The molecule has 0 amide bonds. The Balaban J connectivity index is 1.87. The van der Waals surface area contributed by atoms with Gasteiger partial charge in [0.25, 0.3) is 0 Å². The summed E-state index contributed by atoms with van der Waals surface area (Å²) in [5, 5.41) is 27.2. The van der Waals surface area contributed by atoms with Crippen LogP contribution < -0.4 is 0 Å². The average Bonchev–Trinajstić information content (AvgIpc) is 2.83. The highest BCUT2D eigenvalue weighted by molar-refractivity contribution is 6.40. The van der Waals surface area contributed by atoms with Crippen LogP contribution >= 0.6 is 0 Å². The summed E-state index contributed by atoms with van der Waals surface area (Å²) >= 11 is 0. The van der Waals surface area contributed by atoms with E-state index in [1.54, 1.807) is 0 Å². The molecule has 0 aromatic carbocycles. The number of likely N-dealkylation sites (tertiary alicyclic amines) is 1. The van der Waals surface area contributed by atoms with Crippen molar-refractivity contribution in [3.8, 4) is 0 Å². The molecule has 0 aromatic rings. The monoisotopic (exact) mass is 297 g/mol. The van der Waals surface area contributed by atoms with E-state index in [1.807, 2.05) is 0 Å². The molecule has 1 saturated carbocycles. The molecule has 2 fully saturated rings. The molecule has 3 N–H and O–H groups in total. The first-order chi connectivity index (χ1) is 9.97. The number of carboxylic acid groups (broad SMARTS) is 1. The van der Waals surface area contributed by atoms with E-state index in [0.29, 0.717) is 25.3 Å². The predicted molar refractivity (Wildman–Crippen MR) is 81.8 cm³/mol. The molecule has 1 saturated heterocycles. The summed E-state index contributed by atoms with van der Waals surface area (Å²) < 4.78 is 0. The maximum absolute atomic E-state index is 11.5. The molecule has 1 aliphatic carbocycles. The van der Waals surface area contributed by atoms with Crippen molar-refractivity contribution in [2.24, 2.45) is 17.8 Å². The molecule has 21 heavy (non-hydrogen) atoms. The van der Waals surface area contributed by atoms with Crippen molar-refractivity contribution in [3.63, 3.8) is 0 Å². The van der Waals surface area contributed by atoms with Gasteiger partial charge in [-0.05, 0) is 50.3 Å². The fraction of sp³-hybridized carbons (Fsp3) is 0.933. The first-order valence-corrected chi connectivity index (χ1v) is 8.30. The van der Waals surface area contributed by atoms with Crippen LogP contribution in [-0.2, 0) is 4.79 Å². The number of hydrogen-bond acceptors (Lipinski definition) is 4. The summed E-state index contributed by atoms with van der Waals surface area (Å²) in [7, 11) is -1.27. The lowest BCUT2D eigenvalue weighted by Crippen LogP contribution is -2.36. The molecule has 0 spiro atoms. The van der Waals surface area contributed by atoms with Gasteiger partial charge in [-0.25, -0.2) is 0 Å². The van der Waals surface area contributed by atoms with Crippen molar-refractivity contribution >= 4 is 13.1 Å². The van der Waals surface area contributed by atoms with E-state index in [2.05, 4.69) is 11.8 Å². The van der Waals surface area contributed by atoms with E-state index in [4.69, 9.17) is 10.0 Å². The van der Waals surface area contributed by atoms with Gasteiger partial charge in [0.1, 0.15) is 0 Å². The molecule has 0 radical (unpaired) electrons. The van der Waals surface area contributed by atoms with Crippen LogP contribution in [0.3, 0.4) is 0 Å². The Bertz CT molecular complexity index is 345. The van der Waals surface area contributed by atoms with E-state index < -0.39 is 13.1 Å². The summed E-state index contributed by atoms with van der Waals surface area (Å²) in [6, 6.07) is 0.552. The van der Waals surface area contributed by atoms with Gasteiger partial charge in [0.2, 0.25) is 0 Å². The Morgan fingerprint density at radius 1 is 1.19 bits per heavy atom. The zero-order valence-electron chi connectivity index (χ0n) is 12.9. The van der Waals surface area contributed by atoms with Gasteiger partial charge in [-0.1, -0.05) is 13.3 Å². The van der Waals surface area contributed by atoms with Crippen molar-refractivity contribution in [1.82, 2.24) is 4.90 Å². The Morgan fingerprint density at radius 3 is 2.43 bits per heavy atom. The van der Waals surface area contributed by atoms with Crippen LogP contribution in [-0.4, -0.2) is 52.3 Å². The topological polar surface area (TPSA) is 81.0 Å². The quantitative estimate of drug-likeness (QED) is 0.647. The second-order valence-corrected chi connectivity index (χ2v) is 6.98. The van der Waals surface area contributed by atoms with Gasteiger partial charge < -0.3 is 15.2 Å². The summed E-state index contributed by atoms with van der Waals surface area (Å²) in [4.78, 5) is 13.8. The average molecular weight is 297 g/mol. The maximum atomic E-state index is 11.5. The minimum Gasteiger partial charge on any atom is -0.481 e. The Morgan fingerprint density at radius 2 is 1.86 bits per heavy atom. The highest BCUT2D eigenvalue weighted by Crippen LogP contribution is 2.34. The molecule has 0 aromatic heterocycles. The van der Waals surface area contributed by atoms with Gasteiger partial charge in [0, 0.05) is 19.1 Å². The molecule has 0 bridgehead atoms. The predicted octanol–water partition coefficient (Wildman–Crippen LogP) is 1.45. The molecule has 6 heteroatoms. The molecule has 2 unspecified atom stereocenters. The van der Waals surface area contributed by atoms with E-state index in [9.17, 15) is 9.90 Å². The van der Waals surface area contributed by atoms with E-state index in [0.717, 1.165) is 18.9 Å². The molecule has 5 nitrogen and oxygen atoms in total. The van der Waals surface area contributed by atoms with Crippen LogP contribution in [0.1, 0.15) is 45.4 Å². The van der Waals surface area contributed by atoms with Crippen LogP contribution in [0.2, 0.25) is 6.32 Å². The zero-order valence-corrected chi connectivity index (χ0v) is 12.9. The highest BCUT2D eigenvalue weighted by atomic mass is 16.4. The third-order valence-electron chi connectivity index (χ3n) is 5.33. The van der Waals surface area contributed by atoms with Gasteiger partial charge >= 0.3 is 13.1 Å². The normalized spacial score (nSPS) is 34.0. The van der Waals surface area contributed by atoms with Gasteiger partial charge in [0.05, 0.1) is 5.92 Å². The summed E-state index contributed by atoms with van der Waals surface area (Å²) in [5.74, 6) is -0.0297. The van der Waals surface area contributed by atoms with Gasteiger partial charge in [-0.3, -0.25) is 9.69 Å². The Hall–Kier alpha value is -0.585. The third-order valence-corrected chi connectivity index (χ3v) is 5.33. The zero-order chi connectivity index (χ0) is 15.4. The molecule has 1 heterocycles. The Kier molecular flexibility index (Phi) is 6.08. The summed E-state index contributed by atoms with van der Waals surface area (Å²) in [5.41, 5.74) is 0. The standard InChI is InChI=1S/C15H28BNO4/c1-11-4-6-13(7-5-11)17-9-12(3-2-8-16(20)21)14(10-17)15(18)19/h11-14,20-21H,2-10H2,1H3,(H,18,19). The smallest absolute Gasteiger partial charge is 0.451 e. The fourth-order valence-electron chi connectivity index (χ4n) is 3.95. The number of carboxylic acids is 1. The lowest BCUT2D eigenvalue weighted by molar-refractivity contribution is -0.142. The van der Waals surface area contributed by atoms with Crippen molar-refractivity contribution in [2.45, 2.75) is 57.8 Å². The van der Waals surface area contributed by atoms with Gasteiger partial charge in [0.15, 0.2) is 0 Å². The minimum atomic E-state index is -1.27. The molecular weight excluding hydrogens is 269 g/mol. The number of aliphatic carboxylic acids is 1. The summed E-state index contributed by atoms with van der Waals surface area (Å²) in [6.45, 7) is 3.82. The van der Waals surface area contributed by atoms with E-state index >= 15 is 0 Å². The summed E-state index contributed by atoms with van der Waals surface area (Å²) in [6.07, 6.45) is 6.67. The third kappa shape index (κ3) is 4.69. The highest BCUT2D eigenvalue weighted by Gasteiger charge is 2.40.